The predicted octanol–water partition coefficient (Wildman–Crippen LogP) is 3.51. The molecule has 4 aromatic rings. The van der Waals surface area contributed by atoms with Gasteiger partial charge in [-0.15, -0.1) is 0 Å². The van der Waals surface area contributed by atoms with Crippen molar-refractivity contribution in [2.75, 3.05) is 6.54 Å². The molecule has 2 aromatic heterocycles. The molecule has 0 aliphatic rings. The Balaban J connectivity index is 1.35. The van der Waals surface area contributed by atoms with Crippen LogP contribution < -0.4 is 11.1 Å². The number of carbonyl (C=O) groups is 1. The Hall–Kier alpha value is -3.45. The summed E-state index contributed by atoms with van der Waals surface area (Å²) in [4.78, 5) is 19.7. The molecule has 0 bridgehead atoms. The zero-order chi connectivity index (χ0) is 20.2. The number of benzene rings is 2. The molecular weight excluding hydrogens is 371 g/mol. The molecule has 148 valence electrons. The maximum atomic E-state index is 13.2. The molecule has 4 N–H and O–H groups in total. The number of para-hydroxylation sites is 1. The quantitative estimate of drug-likeness (QED) is 0.448. The lowest BCUT2D eigenvalue weighted by Gasteiger charge is -2.06. The number of oxazole rings is 1. The average molecular weight is 392 g/mol. The van der Waals surface area contributed by atoms with Gasteiger partial charge < -0.3 is 20.5 Å². The van der Waals surface area contributed by atoms with Gasteiger partial charge in [0, 0.05) is 23.6 Å². The van der Waals surface area contributed by atoms with E-state index < -0.39 is 6.04 Å². The van der Waals surface area contributed by atoms with Gasteiger partial charge in [0.05, 0.1) is 6.04 Å². The van der Waals surface area contributed by atoms with Gasteiger partial charge in [0.25, 0.3) is 5.91 Å². The van der Waals surface area contributed by atoms with Crippen molar-refractivity contribution in [1.29, 1.82) is 0 Å². The summed E-state index contributed by atoms with van der Waals surface area (Å²) in [5.41, 5.74) is 9.33. The first-order chi connectivity index (χ1) is 14.1. The van der Waals surface area contributed by atoms with E-state index in [0.29, 0.717) is 25.3 Å². The SMILES string of the molecule is NC(Cc1c[nH]c2ccccc12)c1nc(C(=O)NCCc2cccc(F)c2)co1. The summed E-state index contributed by atoms with van der Waals surface area (Å²) in [5, 5.41) is 3.86. The van der Waals surface area contributed by atoms with Crippen molar-refractivity contribution in [3.8, 4) is 0 Å². The monoisotopic (exact) mass is 392 g/mol. The number of carbonyl (C=O) groups excluding carboxylic acids is 1. The molecule has 2 aromatic carbocycles. The van der Waals surface area contributed by atoms with Crippen LogP contribution in [0.2, 0.25) is 0 Å². The molecule has 2 heterocycles. The van der Waals surface area contributed by atoms with Crippen LogP contribution in [0.5, 0.6) is 0 Å². The van der Waals surface area contributed by atoms with Gasteiger partial charge in [0.2, 0.25) is 5.89 Å². The summed E-state index contributed by atoms with van der Waals surface area (Å²) in [6, 6.07) is 13.8. The topological polar surface area (TPSA) is 96.9 Å². The van der Waals surface area contributed by atoms with Gasteiger partial charge in [-0.1, -0.05) is 30.3 Å². The molecule has 0 fully saturated rings. The van der Waals surface area contributed by atoms with E-state index in [9.17, 15) is 9.18 Å². The number of hydrogen-bond acceptors (Lipinski definition) is 4. The van der Waals surface area contributed by atoms with Crippen molar-refractivity contribution >= 4 is 16.8 Å². The molecule has 0 aliphatic heterocycles. The van der Waals surface area contributed by atoms with E-state index in [2.05, 4.69) is 15.3 Å². The molecule has 0 radical (unpaired) electrons. The van der Waals surface area contributed by atoms with Crippen LogP contribution in [0.1, 0.15) is 33.5 Å². The van der Waals surface area contributed by atoms with Crippen LogP contribution in [0.15, 0.2) is 65.4 Å². The van der Waals surface area contributed by atoms with Gasteiger partial charge in [-0.2, -0.15) is 0 Å². The fourth-order valence-electron chi connectivity index (χ4n) is 3.29. The van der Waals surface area contributed by atoms with E-state index >= 15 is 0 Å². The van der Waals surface area contributed by atoms with Crippen LogP contribution >= 0.6 is 0 Å². The standard InChI is InChI=1S/C22H21FN4O2/c23-16-5-3-4-14(10-16)8-9-25-21(28)20-13-29-22(27-20)18(24)11-15-12-26-19-7-2-1-6-17(15)19/h1-7,10,12-13,18,26H,8-9,11,24H2,(H,25,28). The molecule has 1 amide bonds. The molecule has 0 aliphatic carbocycles. The lowest BCUT2D eigenvalue weighted by atomic mass is 10.1. The second-order valence-electron chi connectivity index (χ2n) is 6.88. The first kappa shape index (κ1) is 18.9. The molecule has 6 nitrogen and oxygen atoms in total. The number of halogens is 1. The maximum absolute atomic E-state index is 13.2. The number of hydrogen-bond donors (Lipinski definition) is 3. The van der Waals surface area contributed by atoms with Gasteiger partial charge in [-0.25, -0.2) is 9.37 Å². The van der Waals surface area contributed by atoms with E-state index in [0.717, 1.165) is 22.0 Å². The normalized spacial score (nSPS) is 12.2. The number of fused-ring (bicyclic) bond motifs is 1. The van der Waals surface area contributed by atoms with Crippen molar-refractivity contribution in [2.45, 2.75) is 18.9 Å². The Morgan fingerprint density at radius 2 is 2.10 bits per heavy atom. The van der Waals surface area contributed by atoms with Gasteiger partial charge in [-0.05, 0) is 42.2 Å². The number of aromatic amines is 1. The van der Waals surface area contributed by atoms with Gasteiger partial charge >= 0.3 is 0 Å². The number of nitrogens with two attached hydrogens (primary N) is 1. The minimum Gasteiger partial charge on any atom is -0.446 e. The van der Waals surface area contributed by atoms with Crippen molar-refractivity contribution < 1.29 is 13.6 Å². The molecule has 0 saturated heterocycles. The Kier molecular flexibility index (Phi) is 5.39. The molecule has 4 rings (SSSR count). The summed E-state index contributed by atoms with van der Waals surface area (Å²) in [6.07, 6.45) is 4.29. The minimum atomic E-state index is -0.469. The van der Waals surface area contributed by atoms with Crippen LogP contribution in [0.3, 0.4) is 0 Å². The third-order valence-corrected chi connectivity index (χ3v) is 4.77. The Bertz CT molecular complexity index is 1130. The largest absolute Gasteiger partial charge is 0.446 e. The second kappa shape index (κ2) is 8.28. The maximum Gasteiger partial charge on any atom is 0.273 e. The highest BCUT2D eigenvalue weighted by molar-refractivity contribution is 5.91. The van der Waals surface area contributed by atoms with Crippen LogP contribution in [-0.2, 0) is 12.8 Å². The van der Waals surface area contributed by atoms with E-state index in [1.165, 1.54) is 18.4 Å². The van der Waals surface area contributed by atoms with Crippen LogP contribution in [0, 0.1) is 5.82 Å². The molecule has 0 spiro atoms. The Labute approximate surface area is 166 Å². The Morgan fingerprint density at radius 3 is 2.97 bits per heavy atom. The molecule has 7 heteroatoms. The van der Waals surface area contributed by atoms with Crippen molar-refractivity contribution in [3.63, 3.8) is 0 Å². The first-order valence-electron chi connectivity index (χ1n) is 9.39. The second-order valence-corrected chi connectivity index (χ2v) is 6.88. The molecule has 1 atom stereocenters. The fourth-order valence-corrected chi connectivity index (χ4v) is 3.29. The third-order valence-electron chi connectivity index (χ3n) is 4.77. The number of aromatic nitrogens is 2. The van der Waals surface area contributed by atoms with Gasteiger partial charge in [0.15, 0.2) is 5.69 Å². The number of nitrogens with zero attached hydrogens (tertiary/aromatic N) is 1. The average Bonchev–Trinajstić information content (AvgIpc) is 3.36. The van der Waals surface area contributed by atoms with E-state index in [-0.39, 0.29) is 17.4 Å². The Morgan fingerprint density at radius 1 is 1.24 bits per heavy atom. The van der Waals surface area contributed by atoms with Crippen molar-refractivity contribution in [3.05, 3.63) is 89.5 Å². The molecule has 0 saturated carbocycles. The highest BCUT2D eigenvalue weighted by Crippen LogP contribution is 2.23. The third kappa shape index (κ3) is 4.35. The number of amides is 1. The predicted molar refractivity (Wildman–Crippen MR) is 108 cm³/mol. The van der Waals surface area contributed by atoms with E-state index in [4.69, 9.17) is 10.2 Å². The van der Waals surface area contributed by atoms with Gasteiger partial charge in [-0.3, -0.25) is 4.79 Å². The summed E-state index contributed by atoms with van der Waals surface area (Å²) in [5.74, 6) is -0.333. The summed E-state index contributed by atoms with van der Waals surface area (Å²) >= 11 is 0. The highest BCUT2D eigenvalue weighted by Gasteiger charge is 2.18. The smallest absolute Gasteiger partial charge is 0.273 e. The minimum absolute atomic E-state index is 0.175. The lowest BCUT2D eigenvalue weighted by Crippen LogP contribution is -2.26. The van der Waals surface area contributed by atoms with Crippen LogP contribution in [0.25, 0.3) is 10.9 Å². The number of H-pyrrole nitrogens is 1. The van der Waals surface area contributed by atoms with Gasteiger partial charge in [0.1, 0.15) is 12.1 Å². The first-order valence-corrected chi connectivity index (χ1v) is 9.39. The fraction of sp³-hybridized carbons (Fsp3) is 0.182. The van der Waals surface area contributed by atoms with Crippen molar-refractivity contribution in [1.82, 2.24) is 15.3 Å². The molecule has 1 unspecified atom stereocenters. The number of rotatable bonds is 7. The highest BCUT2D eigenvalue weighted by atomic mass is 19.1. The zero-order valence-corrected chi connectivity index (χ0v) is 15.7. The number of nitrogens with one attached hydrogen (secondary N) is 2. The summed E-state index contributed by atoms with van der Waals surface area (Å²) < 4.78 is 18.6. The zero-order valence-electron chi connectivity index (χ0n) is 15.7. The lowest BCUT2D eigenvalue weighted by molar-refractivity contribution is 0.0949. The van der Waals surface area contributed by atoms with E-state index in [1.54, 1.807) is 6.07 Å². The molecule has 29 heavy (non-hydrogen) atoms. The summed E-state index contributed by atoms with van der Waals surface area (Å²) in [6.45, 7) is 0.367. The van der Waals surface area contributed by atoms with Crippen molar-refractivity contribution in [2.24, 2.45) is 5.73 Å². The molecular formula is C22H21FN4O2. The summed E-state index contributed by atoms with van der Waals surface area (Å²) in [7, 11) is 0. The van der Waals surface area contributed by atoms with E-state index in [1.807, 2.05) is 36.5 Å². The van der Waals surface area contributed by atoms with Crippen LogP contribution in [-0.4, -0.2) is 22.4 Å². The van der Waals surface area contributed by atoms with Crippen LogP contribution in [0.4, 0.5) is 4.39 Å².